The summed E-state index contributed by atoms with van der Waals surface area (Å²) in [4.78, 5) is 27.5. The van der Waals surface area contributed by atoms with Gasteiger partial charge in [-0.05, 0) is 0 Å². The highest BCUT2D eigenvalue weighted by Gasteiger charge is 2.16. The number of hydrogen-bond acceptors (Lipinski definition) is 2. The second-order valence-electron chi connectivity index (χ2n) is 3.09. The molecule has 1 aromatic heterocycles. The van der Waals surface area contributed by atoms with Gasteiger partial charge < -0.3 is 9.88 Å². The van der Waals surface area contributed by atoms with E-state index in [-0.39, 0.29) is 16.9 Å². The van der Waals surface area contributed by atoms with Gasteiger partial charge in [0.25, 0.3) is 5.91 Å². The zero-order valence-corrected chi connectivity index (χ0v) is 10.1. The van der Waals surface area contributed by atoms with E-state index in [0.717, 1.165) is 0 Å². The molecule has 0 unspecified atom stereocenters. The van der Waals surface area contributed by atoms with Gasteiger partial charge in [-0.15, -0.1) is 23.2 Å². The summed E-state index contributed by atoms with van der Waals surface area (Å²) in [6, 6.07) is 1.31. The maximum Gasteiger partial charge on any atom is 0.259 e. The van der Waals surface area contributed by atoms with E-state index in [2.05, 4.69) is 4.98 Å². The van der Waals surface area contributed by atoms with Crippen molar-refractivity contribution in [1.29, 1.82) is 0 Å². The van der Waals surface area contributed by atoms with E-state index in [1.54, 1.807) is 0 Å². The average Bonchev–Trinajstić information content (AvgIpc) is 2.28. The van der Waals surface area contributed by atoms with Crippen LogP contribution in [0.25, 0.3) is 0 Å². The molecule has 0 spiro atoms. The van der Waals surface area contributed by atoms with Gasteiger partial charge in [0, 0.05) is 43.3 Å². The van der Waals surface area contributed by atoms with Gasteiger partial charge >= 0.3 is 0 Å². The summed E-state index contributed by atoms with van der Waals surface area (Å²) in [7, 11) is 0. The van der Waals surface area contributed by atoms with Crippen molar-refractivity contribution in [2.45, 2.75) is 0 Å². The third-order valence-electron chi connectivity index (χ3n) is 2.05. The Bertz CT molecular complexity index is 400. The Morgan fingerprint density at radius 3 is 2.44 bits per heavy atom. The molecule has 4 nitrogen and oxygen atoms in total. The summed E-state index contributed by atoms with van der Waals surface area (Å²) in [5.41, 5.74) is -0.198. The van der Waals surface area contributed by atoms with E-state index < -0.39 is 0 Å². The van der Waals surface area contributed by atoms with Gasteiger partial charge in [0.15, 0.2) is 5.43 Å². The molecule has 88 valence electrons. The number of halogens is 2. The molecule has 0 atom stereocenters. The molecule has 16 heavy (non-hydrogen) atoms. The molecule has 6 heteroatoms. The molecule has 1 aromatic rings. The molecule has 1 heterocycles. The normalized spacial score (nSPS) is 10.1. The van der Waals surface area contributed by atoms with Gasteiger partial charge in [-0.2, -0.15) is 0 Å². The first-order chi connectivity index (χ1) is 7.70. The first kappa shape index (κ1) is 13.1. The van der Waals surface area contributed by atoms with Crippen LogP contribution in [0, 0.1) is 0 Å². The molecule has 0 bridgehead atoms. The molecule has 0 saturated carbocycles. The first-order valence-corrected chi connectivity index (χ1v) is 5.86. The Kier molecular flexibility index (Phi) is 5.35. The molecular formula is C10H12Cl2N2O2. The molecule has 0 radical (unpaired) electrons. The first-order valence-electron chi connectivity index (χ1n) is 4.79. The number of aromatic nitrogens is 1. The zero-order valence-electron chi connectivity index (χ0n) is 8.58. The lowest BCUT2D eigenvalue weighted by atomic mass is 10.2. The summed E-state index contributed by atoms with van der Waals surface area (Å²) in [6.45, 7) is 0.753. The number of amides is 1. The Morgan fingerprint density at radius 2 is 1.94 bits per heavy atom. The quantitative estimate of drug-likeness (QED) is 0.814. The van der Waals surface area contributed by atoms with E-state index in [9.17, 15) is 9.59 Å². The van der Waals surface area contributed by atoms with E-state index in [4.69, 9.17) is 23.2 Å². The highest BCUT2D eigenvalue weighted by Crippen LogP contribution is 2.00. The van der Waals surface area contributed by atoms with Crippen molar-refractivity contribution in [2.75, 3.05) is 24.8 Å². The van der Waals surface area contributed by atoms with Gasteiger partial charge in [0.1, 0.15) is 5.56 Å². The minimum atomic E-state index is -0.344. The van der Waals surface area contributed by atoms with Gasteiger partial charge in [0.05, 0.1) is 0 Å². The zero-order chi connectivity index (χ0) is 12.0. The molecule has 1 N–H and O–H groups in total. The number of hydrogen-bond donors (Lipinski definition) is 1. The number of nitrogens with one attached hydrogen (secondary N) is 1. The summed E-state index contributed by atoms with van der Waals surface area (Å²) in [5.74, 6) is 0.281. The van der Waals surface area contributed by atoms with Gasteiger partial charge in [0.2, 0.25) is 0 Å². The topological polar surface area (TPSA) is 53.2 Å². The highest BCUT2D eigenvalue weighted by molar-refractivity contribution is 6.18. The van der Waals surface area contributed by atoms with Gasteiger partial charge in [-0.3, -0.25) is 9.59 Å². The average molecular weight is 263 g/mol. The lowest BCUT2D eigenvalue weighted by molar-refractivity contribution is 0.0773. The lowest BCUT2D eigenvalue weighted by Gasteiger charge is -2.19. The van der Waals surface area contributed by atoms with E-state index in [1.165, 1.54) is 23.4 Å². The minimum absolute atomic E-state index is 0.109. The molecule has 0 aliphatic heterocycles. The molecule has 0 aliphatic carbocycles. The molecule has 1 rings (SSSR count). The number of pyridine rings is 1. The fourth-order valence-corrected chi connectivity index (χ4v) is 1.68. The minimum Gasteiger partial charge on any atom is -0.367 e. The van der Waals surface area contributed by atoms with Crippen LogP contribution in [0.1, 0.15) is 10.4 Å². The Hall–Kier alpha value is -1.00. The van der Waals surface area contributed by atoms with Crippen molar-refractivity contribution in [3.05, 3.63) is 34.2 Å². The largest absolute Gasteiger partial charge is 0.367 e. The molecule has 0 aromatic carbocycles. The second-order valence-corrected chi connectivity index (χ2v) is 3.85. The number of rotatable bonds is 5. The predicted octanol–water partition coefficient (Wildman–Crippen LogP) is 1.29. The van der Waals surface area contributed by atoms with Crippen LogP contribution in [0.4, 0.5) is 0 Å². The number of nitrogens with zero attached hydrogens (tertiary/aromatic N) is 1. The van der Waals surface area contributed by atoms with Crippen molar-refractivity contribution in [3.63, 3.8) is 0 Å². The number of aromatic amines is 1. The van der Waals surface area contributed by atoms with Crippen LogP contribution in [0.3, 0.4) is 0 Å². The monoisotopic (exact) mass is 262 g/mol. The summed E-state index contributed by atoms with van der Waals surface area (Å²) >= 11 is 11.2. The van der Waals surface area contributed by atoms with Crippen molar-refractivity contribution in [1.82, 2.24) is 9.88 Å². The standard InChI is InChI=1S/C10H12Cl2N2O2/c11-2-5-14(6-3-12)10(16)8-7-13-4-1-9(8)15/h1,4,7H,2-3,5-6H2,(H,13,15). The Balaban J connectivity index is 2.90. The summed E-state index contributed by atoms with van der Waals surface area (Å²) in [5, 5.41) is 0. The number of H-pyrrole nitrogens is 1. The van der Waals surface area contributed by atoms with Crippen LogP contribution in [-0.4, -0.2) is 40.6 Å². The van der Waals surface area contributed by atoms with Crippen LogP contribution in [-0.2, 0) is 0 Å². The smallest absolute Gasteiger partial charge is 0.259 e. The highest BCUT2D eigenvalue weighted by atomic mass is 35.5. The fourth-order valence-electron chi connectivity index (χ4n) is 1.27. The Morgan fingerprint density at radius 1 is 1.31 bits per heavy atom. The van der Waals surface area contributed by atoms with Crippen LogP contribution < -0.4 is 5.43 Å². The molecule has 0 aliphatic rings. The van der Waals surface area contributed by atoms with Gasteiger partial charge in [-0.25, -0.2) is 0 Å². The summed E-state index contributed by atoms with van der Waals surface area (Å²) in [6.07, 6.45) is 2.87. The lowest BCUT2D eigenvalue weighted by Crippen LogP contribution is -2.37. The van der Waals surface area contributed by atoms with Crippen molar-refractivity contribution < 1.29 is 4.79 Å². The molecule has 1 amide bonds. The van der Waals surface area contributed by atoms with Crippen LogP contribution >= 0.6 is 23.2 Å². The second kappa shape index (κ2) is 6.55. The number of carbonyl (C=O) groups is 1. The van der Waals surface area contributed by atoms with Crippen molar-refractivity contribution >= 4 is 29.1 Å². The fraction of sp³-hybridized carbons (Fsp3) is 0.400. The van der Waals surface area contributed by atoms with Gasteiger partial charge in [-0.1, -0.05) is 0 Å². The number of carbonyl (C=O) groups excluding carboxylic acids is 1. The van der Waals surface area contributed by atoms with Crippen molar-refractivity contribution in [3.8, 4) is 0 Å². The third-order valence-corrected chi connectivity index (χ3v) is 2.39. The van der Waals surface area contributed by atoms with E-state index >= 15 is 0 Å². The summed E-state index contributed by atoms with van der Waals surface area (Å²) < 4.78 is 0. The van der Waals surface area contributed by atoms with Crippen molar-refractivity contribution in [2.24, 2.45) is 0 Å². The Labute approximate surface area is 103 Å². The SMILES string of the molecule is O=C(c1c[nH]ccc1=O)N(CCCl)CCCl. The van der Waals surface area contributed by atoms with Crippen LogP contribution in [0.2, 0.25) is 0 Å². The van der Waals surface area contributed by atoms with Crippen LogP contribution in [0.15, 0.2) is 23.3 Å². The third kappa shape index (κ3) is 3.25. The molecular weight excluding hydrogens is 251 g/mol. The predicted molar refractivity (Wildman–Crippen MR) is 64.4 cm³/mol. The maximum atomic E-state index is 11.9. The number of alkyl halides is 2. The van der Waals surface area contributed by atoms with Crippen LogP contribution in [0.5, 0.6) is 0 Å². The van der Waals surface area contributed by atoms with E-state index in [1.807, 2.05) is 0 Å². The molecule has 0 saturated heterocycles. The maximum absolute atomic E-state index is 11.9. The van der Waals surface area contributed by atoms with E-state index in [0.29, 0.717) is 24.8 Å². The molecule has 0 fully saturated rings.